The summed E-state index contributed by atoms with van der Waals surface area (Å²) < 4.78 is 22.8. The number of carboxylic acid groups (broad SMARTS) is 1. The van der Waals surface area contributed by atoms with E-state index in [9.17, 15) is 23.1 Å². The number of nitrogens with zero attached hydrogens (tertiary/aromatic N) is 1. The first-order chi connectivity index (χ1) is 9.66. The smallest absolute Gasteiger partial charge is 0.317 e. The Morgan fingerprint density at radius 3 is 2.48 bits per heavy atom. The molecule has 0 aromatic carbocycles. The number of carbonyl (C=O) groups excluding carboxylic acids is 1. The third-order valence-corrected chi connectivity index (χ3v) is 6.45. The van der Waals surface area contributed by atoms with Crippen LogP contribution in [0.15, 0.2) is 0 Å². The molecule has 2 amide bonds. The van der Waals surface area contributed by atoms with Gasteiger partial charge in [0.25, 0.3) is 0 Å². The van der Waals surface area contributed by atoms with Crippen LogP contribution in [0.2, 0.25) is 0 Å². The number of hydrogen-bond donors (Lipinski definition) is 2. The predicted molar refractivity (Wildman–Crippen MR) is 76.7 cm³/mol. The zero-order valence-corrected chi connectivity index (χ0v) is 13.1. The summed E-state index contributed by atoms with van der Waals surface area (Å²) in [6, 6.07) is -0.720. The van der Waals surface area contributed by atoms with Gasteiger partial charge < -0.3 is 15.3 Å². The summed E-state index contributed by atoms with van der Waals surface area (Å²) in [6.07, 6.45) is 0.854. The van der Waals surface area contributed by atoms with Gasteiger partial charge >= 0.3 is 12.0 Å². The third kappa shape index (κ3) is 3.14. The van der Waals surface area contributed by atoms with E-state index in [4.69, 9.17) is 0 Å². The molecule has 0 bridgehead atoms. The normalized spacial score (nSPS) is 31.6. The lowest BCUT2D eigenvalue weighted by atomic mass is 9.76. The van der Waals surface area contributed by atoms with Crippen LogP contribution in [0.5, 0.6) is 0 Å². The van der Waals surface area contributed by atoms with E-state index in [1.165, 1.54) is 4.90 Å². The molecule has 2 saturated heterocycles. The van der Waals surface area contributed by atoms with Crippen LogP contribution in [0.1, 0.15) is 26.7 Å². The van der Waals surface area contributed by atoms with Crippen molar-refractivity contribution in [1.29, 1.82) is 0 Å². The molecule has 0 saturated carbocycles. The van der Waals surface area contributed by atoms with E-state index < -0.39 is 21.2 Å². The van der Waals surface area contributed by atoms with E-state index in [1.807, 2.05) is 13.8 Å². The molecular formula is C13H22N2O5S. The van der Waals surface area contributed by atoms with Gasteiger partial charge in [0.15, 0.2) is 9.84 Å². The van der Waals surface area contributed by atoms with Crippen molar-refractivity contribution in [3.05, 3.63) is 0 Å². The number of sulfone groups is 1. The lowest BCUT2D eigenvalue weighted by Crippen LogP contribution is -2.47. The first kappa shape index (κ1) is 16.1. The van der Waals surface area contributed by atoms with Gasteiger partial charge in [-0.05, 0) is 18.8 Å². The monoisotopic (exact) mass is 318 g/mol. The van der Waals surface area contributed by atoms with Crippen molar-refractivity contribution in [3.8, 4) is 0 Å². The molecule has 2 atom stereocenters. The molecule has 2 N–H and O–H groups in total. The molecular weight excluding hydrogens is 296 g/mol. The summed E-state index contributed by atoms with van der Waals surface area (Å²) in [5.74, 6) is -0.875. The van der Waals surface area contributed by atoms with Crippen molar-refractivity contribution in [2.24, 2.45) is 11.3 Å². The van der Waals surface area contributed by atoms with Crippen molar-refractivity contribution in [3.63, 3.8) is 0 Å². The maximum absolute atomic E-state index is 12.2. The Morgan fingerprint density at radius 2 is 2.05 bits per heavy atom. The number of aliphatic carboxylic acids is 1. The molecule has 2 aliphatic rings. The molecule has 0 aromatic rings. The van der Waals surface area contributed by atoms with E-state index in [0.717, 1.165) is 0 Å². The summed E-state index contributed by atoms with van der Waals surface area (Å²) >= 11 is 0. The van der Waals surface area contributed by atoms with E-state index in [-0.39, 0.29) is 36.0 Å². The highest BCUT2D eigenvalue weighted by atomic mass is 32.2. The Kier molecular flexibility index (Phi) is 4.19. The number of likely N-dealkylation sites (tertiary alicyclic amines) is 1. The lowest BCUT2D eigenvalue weighted by Gasteiger charge is -2.29. The first-order valence-electron chi connectivity index (χ1n) is 7.15. The number of hydrogen-bond acceptors (Lipinski definition) is 4. The molecule has 0 radical (unpaired) electrons. The largest absolute Gasteiger partial charge is 0.481 e. The molecule has 0 aromatic heterocycles. The standard InChI is InChI=1S/C13H22N2O5S/c1-9(2)13(11(16)17)4-5-15(8-13)12(18)14-10-3-6-21(19,20)7-10/h9-10H,3-8H2,1-2H3,(H,14,18)(H,16,17). The minimum Gasteiger partial charge on any atom is -0.481 e. The SMILES string of the molecule is CC(C)C1(C(=O)O)CCN(C(=O)NC2CCS(=O)(=O)C2)C1. The van der Waals surface area contributed by atoms with Gasteiger partial charge in [0.2, 0.25) is 0 Å². The maximum atomic E-state index is 12.2. The second-order valence-electron chi connectivity index (χ2n) is 6.34. The summed E-state index contributed by atoms with van der Waals surface area (Å²) in [7, 11) is -3.04. The average molecular weight is 318 g/mol. The van der Waals surface area contributed by atoms with Crippen LogP contribution in [-0.4, -0.2) is 61.1 Å². The van der Waals surface area contributed by atoms with Crippen LogP contribution in [-0.2, 0) is 14.6 Å². The van der Waals surface area contributed by atoms with Gasteiger partial charge in [-0.15, -0.1) is 0 Å². The third-order valence-electron chi connectivity index (χ3n) is 4.68. The van der Waals surface area contributed by atoms with Gasteiger partial charge in [-0.2, -0.15) is 0 Å². The minimum absolute atomic E-state index is 0.0270. The molecule has 2 aliphatic heterocycles. The molecule has 2 heterocycles. The lowest BCUT2D eigenvalue weighted by molar-refractivity contribution is -0.150. The van der Waals surface area contributed by atoms with E-state index in [0.29, 0.717) is 19.4 Å². The molecule has 2 rings (SSSR count). The van der Waals surface area contributed by atoms with Crippen LogP contribution < -0.4 is 5.32 Å². The summed E-state index contributed by atoms with van der Waals surface area (Å²) in [5.41, 5.74) is -0.904. The van der Waals surface area contributed by atoms with Crippen molar-refractivity contribution < 1.29 is 23.1 Å². The second kappa shape index (κ2) is 5.47. The van der Waals surface area contributed by atoms with Gasteiger partial charge in [0, 0.05) is 19.1 Å². The zero-order chi connectivity index (χ0) is 15.8. The molecule has 8 heteroatoms. The first-order valence-corrected chi connectivity index (χ1v) is 8.98. The Hall–Kier alpha value is -1.31. The maximum Gasteiger partial charge on any atom is 0.317 e. The Morgan fingerprint density at radius 1 is 1.38 bits per heavy atom. The Bertz CT molecular complexity index is 545. The molecule has 0 aliphatic carbocycles. The predicted octanol–water partition coefficient (Wildman–Crippen LogP) is 0.316. The number of nitrogens with one attached hydrogen (secondary N) is 1. The number of rotatable bonds is 3. The van der Waals surface area contributed by atoms with E-state index in [1.54, 1.807) is 0 Å². The highest BCUT2D eigenvalue weighted by molar-refractivity contribution is 7.91. The van der Waals surface area contributed by atoms with Crippen LogP contribution in [0.25, 0.3) is 0 Å². The van der Waals surface area contributed by atoms with E-state index >= 15 is 0 Å². The average Bonchev–Trinajstić information content (AvgIpc) is 2.94. The summed E-state index contributed by atoms with van der Waals surface area (Å²) in [6.45, 7) is 4.25. The van der Waals surface area contributed by atoms with Crippen molar-refractivity contribution >= 4 is 21.8 Å². The van der Waals surface area contributed by atoms with Gasteiger partial charge in [-0.1, -0.05) is 13.8 Å². The molecule has 0 spiro atoms. The fourth-order valence-electron chi connectivity index (χ4n) is 3.07. The topological polar surface area (TPSA) is 104 Å². The van der Waals surface area contributed by atoms with Crippen molar-refractivity contribution in [2.45, 2.75) is 32.7 Å². The number of amides is 2. The Labute approximate surface area is 124 Å². The van der Waals surface area contributed by atoms with Crippen LogP contribution in [0.3, 0.4) is 0 Å². The van der Waals surface area contributed by atoms with Crippen LogP contribution >= 0.6 is 0 Å². The van der Waals surface area contributed by atoms with Gasteiger partial charge in [-0.25, -0.2) is 13.2 Å². The fourth-order valence-corrected chi connectivity index (χ4v) is 4.75. The molecule has 21 heavy (non-hydrogen) atoms. The van der Waals surface area contributed by atoms with Crippen LogP contribution in [0, 0.1) is 11.3 Å². The fraction of sp³-hybridized carbons (Fsp3) is 0.846. The van der Waals surface area contributed by atoms with Gasteiger partial charge in [-0.3, -0.25) is 4.79 Å². The highest BCUT2D eigenvalue weighted by Gasteiger charge is 2.48. The summed E-state index contributed by atoms with van der Waals surface area (Å²) in [4.78, 5) is 25.2. The number of urea groups is 1. The van der Waals surface area contributed by atoms with Crippen LogP contribution in [0.4, 0.5) is 4.79 Å². The number of carboxylic acids is 1. The zero-order valence-electron chi connectivity index (χ0n) is 12.3. The quantitative estimate of drug-likeness (QED) is 0.780. The summed E-state index contributed by atoms with van der Waals surface area (Å²) in [5, 5.41) is 12.2. The molecule has 2 fully saturated rings. The minimum atomic E-state index is -3.04. The van der Waals surface area contributed by atoms with Crippen molar-refractivity contribution in [2.75, 3.05) is 24.6 Å². The second-order valence-corrected chi connectivity index (χ2v) is 8.57. The highest BCUT2D eigenvalue weighted by Crippen LogP contribution is 2.38. The Balaban J connectivity index is 1.98. The van der Waals surface area contributed by atoms with Crippen molar-refractivity contribution in [1.82, 2.24) is 10.2 Å². The molecule has 120 valence electrons. The number of carbonyl (C=O) groups is 2. The van der Waals surface area contributed by atoms with E-state index in [2.05, 4.69) is 5.32 Å². The molecule has 7 nitrogen and oxygen atoms in total. The van der Waals surface area contributed by atoms with Gasteiger partial charge in [0.1, 0.15) is 0 Å². The molecule has 2 unspecified atom stereocenters. The van der Waals surface area contributed by atoms with Gasteiger partial charge in [0.05, 0.1) is 16.9 Å².